The molecule has 0 spiro atoms. The molecule has 1 aliphatic heterocycles. The second-order valence-corrected chi connectivity index (χ2v) is 9.98. The van der Waals surface area contributed by atoms with Crippen LogP contribution in [0.4, 0.5) is 24.5 Å². The van der Waals surface area contributed by atoms with E-state index in [-0.39, 0.29) is 5.91 Å². The quantitative estimate of drug-likeness (QED) is 0.245. The van der Waals surface area contributed by atoms with Crippen LogP contribution in [0, 0.1) is 6.92 Å². The molecular weight excluding hydrogens is 563 g/mol. The predicted molar refractivity (Wildman–Crippen MR) is 160 cm³/mol. The molecule has 0 unspecified atom stereocenters. The summed E-state index contributed by atoms with van der Waals surface area (Å²) in [5, 5.41) is 11.0. The number of ether oxygens (including phenoxy) is 1. The van der Waals surface area contributed by atoms with Gasteiger partial charge in [-0.2, -0.15) is 13.2 Å². The van der Waals surface area contributed by atoms with Gasteiger partial charge in [0, 0.05) is 49.3 Å². The number of nitrogens with zero attached hydrogens (tertiary/aromatic N) is 3. The molecule has 5 rings (SSSR count). The maximum Gasteiger partial charge on any atom is 0.490 e. The normalized spacial score (nSPS) is 13.7. The van der Waals surface area contributed by atoms with Crippen molar-refractivity contribution in [1.29, 1.82) is 0 Å². The van der Waals surface area contributed by atoms with Gasteiger partial charge in [-0.15, -0.1) is 0 Å². The number of carbonyl (C=O) groups excluding carboxylic acids is 1. The van der Waals surface area contributed by atoms with E-state index in [1.165, 1.54) is 11.8 Å². The van der Waals surface area contributed by atoms with Crippen molar-refractivity contribution in [3.05, 3.63) is 72.9 Å². The molecule has 3 heterocycles. The first-order chi connectivity index (χ1) is 20.4. The number of H-pyrrole nitrogens is 1. The topological polar surface area (TPSA) is 111 Å². The molecule has 4 aromatic rings. The lowest BCUT2D eigenvalue weighted by atomic mass is 9.96. The summed E-state index contributed by atoms with van der Waals surface area (Å²) in [6.45, 7) is 9.73. The van der Waals surface area contributed by atoms with Gasteiger partial charge in [-0.3, -0.25) is 4.79 Å². The Morgan fingerprint density at radius 1 is 1.07 bits per heavy atom. The van der Waals surface area contributed by atoms with E-state index in [9.17, 15) is 18.0 Å². The van der Waals surface area contributed by atoms with Crippen molar-refractivity contribution in [2.24, 2.45) is 0 Å². The fourth-order valence-electron chi connectivity index (χ4n) is 4.76. The number of methoxy groups -OCH3 is 1. The van der Waals surface area contributed by atoms with Gasteiger partial charge in [0.2, 0.25) is 5.91 Å². The molecule has 9 nitrogen and oxygen atoms in total. The number of alkyl halides is 3. The zero-order valence-corrected chi connectivity index (χ0v) is 24.0. The first-order valence-electron chi connectivity index (χ1n) is 13.4. The van der Waals surface area contributed by atoms with Gasteiger partial charge in [-0.1, -0.05) is 30.8 Å². The fraction of sp³-hybridized carbons (Fsp3) is 0.258. The maximum absolute atomic E-state index is 12.0. The Morgan fingerprint density at radius 2 is 1.70 bits per heavy atom. The fourth-order valence-corrected chi connectivity index (χ4v) is 4.76. The molecule has 226 valence electrons. The van der Waals surface area contributed by atoms with Crippen molar-refractivity contribution in [2.45, 2.75) is 13.1 Å². The van der Waals surface area contributed by atoms with E-state index in [1.807, 2.05) is 25.1 Å². The van der Waals surface area contributed by atoms with Crippen LogP contribution >= 0.6 is 0 Å². The molecule has 1 saturated heterocycles. The minimum atomic E-state index is -5.08. The van der Waals surface area contributed by atoms with Gasteiger partial charge < -0.3 is 29.9 Å². The number of rotatable bonds is 6. The minimum Gasteiger partial charge on any atom is -0.496 e. The molecule has 0 atom stereocenters. The summed E-state index contributed by atoms with van der Waals surface area (Å²) in [6.07, 6.45) is -2.06. The van der Waals surface area contributed by atoms with E-state index in [2.05, 4.69) is 69.0 Å². The second kappa shape index (κ2) is 13.0. The number of nitrogens with one attached hydrogen (secondary N) is 2. The molecule has 12 heteroatoms. The number of hydrogen-bond acceptors (Lipinski definition) is 6. The van der Waals surface area contributed by atoms with Gasteiger partial charge in [-0.25, -0.2) is 9.78 Å². The smallest absolute Gasteiger partial charge is 0.490 e. The number of aryl methyl sites for hydroxylation is 1. The molecule has 2 aromatic carbocycles. The van der Waals surface area contributed by atoms with Crippen molar-refractivity contribution in [1.82, 2.24) is 14.9 Å². The molecule has 1 aliphatic rings. The van der Waals surface area contributed by atoms with E-state index in [1.54, 1.807) is 13.3 Å². The molecule has 0 bridgehead atoms. The molecule has 1 amide bonds. The van der Waals surface area contributed by atoms with E-state index in [0.717, 1.165) is 76.6 Å². The highest BCUT2D eigenvalue weighted by Crippen LogP contribution is 2.43. The summed E-state index contributed by atoms with van der Waals surface area (Å²) in [7, 11) is 3.83. The van der Waals surface area contributed by atoms with Crippen molar-refractivity contribution in [2.75, 3.05) is 50.6 Å². The van der Waals surface area contributed by atoms with Gasteiger partial charge in [0.15, 0.2) is 0 Å². The van der Waals surface area contributed by atoms with Crippen LogP contribution in [0.1, 0.15) is 5.56 Å². The summed E-state index contributed by atoms with van der Waals surface area (Å²) in [5.41, 5.74) is 7.64. The second-order valence-electron chi connectivity index (χ2n) is 9.98. The number of carboxylic acids is 1. The number of piperazine rings is 1. The molecule has 1 fully saturated rings. The SMILES string of the molecule is C=CC(=O)Nc1cc(-c2c(-c3ccc(N4CCN(C)CC4)cc3)[nH]c3nccc(OC)c23)ccc1C.O=C(O)C(F)(F)F. The number of halogens is 3. The predicted octanol–water partition coefficient (Wildman–Crippen LogP) is 5.72. The number of aromatic amines is 1. The Bertz CT molecular complexity index is 1630. The van der Waals surface area contributed by atoms with Crippen molar-refractivity contribution >= 4 is 34.3 Å². The third-order valence-corrected chi connectivity index (χ3v) is 7.11. The Hall–Kier alpha value is -4.84. The summed E-state index contributed by atoms with van der Waals surface area (Å²) >= 11 is 0. The number of amides is 1. The largest absolute Gasteiger partial charge is 0.496 e. The van der Waals surface area contributed by atoms with Crippen LogP contribution in [0.3, 0.4) is 0 Å². The first kappa shape index (κ1) is 31.1. The van der Waals surface area contributed by atoms with Crippen LogP contribution in [0.2, 0.25) is 0 Å². The average molecular weight is 596 g/mol. The standard InChI is InChI=1S/C29H31N5O2.C2HF3O2/c1-5-25(35)31-23-18-21(7-6-19(23)2)26-27-24(36-4)12-13-30-29(27)32-28(26)20-8-10-22(11-9-20)34-16-14-33(3)15-17-34;3-2(4,5)1(6)7/h5-13,18H,1,14-17H2,2-4H3,(H,30,32)(H,31,35);(H,6,7). The summed E-state index contributed by atoms with van der Waals surface area (Å²) < 4.78 is 37.5. The lowest BCUT2D eigenvalue weighted by Gasteiger charge is -2.34. The Kier molecular flexibility index (Phi) is 9.40. The van der Waals surface area contributed by atoms with E-state index < -0.39 is 12.1 Å². The van der Waals surface area contributed by atoms with Crippen LogP contribution < -0.4 is 15.0 Å². The number of benzene rings is 2. The number of hydrogen-bond donors (Lipinski definition) is 3. The van der Waals surface area contributed by atoms with Gasteiger partial charge in [-0.05, 0) is 61.0 Å². The highest BCUT2D eigenvalue weighted by molar-refractivity contribution is 6.07. The zero-order chi connectivity index (χ0) is 31.3. The highest BCUT2D eigenvalue weighted by atomic mass is 19.4. The van der Waals surface area contributed by atoms with Gasteiger partial charge in [0.25, 0.3) is 0 Å². The average Bonchev–Trinajstić information content (AvgIpc) is 3.38. The third kappa shape index (κ3) is 7.15. The summed E-state index contributed by atoms with van der Waals surface area (Å²) in [5.74, 6) is -2.26. The zero-order valence-electron chi connectivity index (χ0n) is 24.0. The van der Waals surface area contributed by atoms with Gasteiger partial charge in [0.05, 0.1) is 18.2 Å². The summed E-state index contributed by atoms with van der Waals surface area (Å²) in [4.78, 5) is 33.8. The number of carbonyl (C=O) groups is 2. The van der Waals surface area contributed by atoms with Crippen LogP contribution in [-0.4, -0.2) is 78.4 Å². The van der Waals surface area contributed by atoms with Gasteiger partial charge >= 0.3 is 12.1 Å². The van der Waals surface area contributed by atoms with Crippen molar-refractivity contribution in [3.63, 3.8) is 0 Å². The lowest BCUT2D eigenvalue weighted by molar-refractivity contribution is -0.192. The van der Waals surface area contributed by atoms with Crippen LogP contribution in [0.25, 0.3) is 33.4 Å². The third-order valence-electron chi connectivity index (χ3n) is 7.11. The maximum atomic E-state index is 12.0. The van der Waals surface area contributed by atoms with Crippen LogP contribution in [0.15, 0.2) is 67.4 Å². The number of carboxylic acid groups (broad SMARTS) is 1. The van der Waals surface area contributed by atoms with E-state index in [0.29, 0.717) is 0 Å². The number of aliphatic carboxylic acids is 1. The number of aromatic nitrogens is 2. The Morgan fingerprint density at radius 3 is 2.28 bits per heavy atom. The van der Waals surface area contributed by atoms with E-state index in [4.69, 9.17) is 14.6 Å². The summed E-state index contributed by atoms with van der Waals surface area (Å²) in [6, 6.07) is 16.6. The monoisotopic (exact) mass is 595 g/mol. The van der Waals surface area contributed by atoms with Gasteiger partial charge in [0.1, 0.15) is 11.4 Å². The number of pyridine rings is 1. The molecule has 0 saturated carbocycles. The first-order valence-corrected chi connectivity index (χ1v) is 13.4. The number of anilines is 2. The Balaban J connectivity index is 0.000000541. The lowest BCUT2D eigenvalue weighted by Crippen LogP contribution is -2.44. The number of fused-ring (bicyclic) bond motifs is 1. The van der Waals surface area contributed by atoms with Crippen molar-refractivity contribution in [3.8, 4) is 28.1 Å². The Labute approximate surface area is 246 Å². The molecule has 3 N–H and O–H groups in total. The van der Waals surface area contributed by atoms with E-state index >= 15 is 0 Å². The minimum absolute atomic E-state index is 0.242. The van der Waals surface area contributed by atoms with Crippen LogP contribution in [-0.2, 0) is 9.59 Å². The molecule has 0 aliphatic carbocycles. The van der Waals surface area contributed by atoms with Crippen LogP contribution in [0.5, 0.6) is 5.75 Å². The molecule has 2 aromatic heterocycles. The molecule has 0 radical (unpaired) electrons. The highest BCUT2D eigenvalue weighted by Gasteiger charge is 2.38. The molecule has 43 heavy (non-hydrogen) atoms. The number of likely N-dealkylation sites (N-methyl/N-ethyl adjacent to an activating group) is 1. The molecular formula is C31H32F3N5O4. The van der Waals surface area contributed by atoms with Crippen molar-refractivity contribution < 1.29 is 32.6 Å².